The Morgan fingerprint density at radius 1 is 1.43 bits per heavy atom. The number of aliphatic carboxylic acids is 1. The van der Waals surface area contributed by atoms with Gasteiger partial charge in [-0.25, -0.2) is 9.78 Å². The summed E-state index contributed by atoms with van der Waals surface area (Å²) in [6.45, 7) is -2.75. The minimum atomic E-state index is -4.70. The summed E-state index contributed by atoms with van der Waals surface area (Å²) in [6.07, 6.45) is -3.53. The van der Waals surface area contributed by atoms with Gasteiger partial charge in [-0.2, -0.15) is 13.2 Å². The first-order chi connectivity index (χ1) is 9.71. The third-order valence-electron chi connectivity index (χ3n) is 2.18. The number of carboxylic acid groups (broad SMARTS) is 1. The number of ether oxygens (including phenoxy) is 1. The fourth-order valence-electron chi connectivity index (χ4n) is 1.36. The van der Waals surface area contributed by atoms with Crippen molar-refractivity contribution in [2.45, 2.75) is 6.18 Å². The number of rotatable bonds is 5. The monoisotopic (exact) mass is 307 g/mol. The molecule has 0 bridgehead atoms. The highest BCUT2D eigenvalue weighted by atomic mass is 19.4. The molecule has 2 N–H and O–H groups in total. The molecular formula is C11H12F3N3O4. The summed E-state index contributed by atoms with van der Waals surface area (Å²) in [4.78, 5) is 26.1. The fraction of sp³-hybridized carbons (Fsp3) is 0.364. The van der Waals surface area contributed by atoms with E-state index in [1.165, 1.54) is 25.4 Å². The SMILES string of the molecule is COc1ccc(NC(=O)N(CC(=O)O)CC(F)(F)F)cn1. The zero-order chi connectivity index (χ0) is 16.0. The van der Waals surface area contributed by atoms with Crippen molar-refractivity contribution in [3.05, 3.63) is 18.3 Å². The van der Waals surface area contributed by atoms with Crippen molar-refractivity contribution in [3.8, 4) is 5.88 Å². The maximum atomic E-state index is 12.3. The Morgan fingerprint density at radius 2 is 2.10 bits per heavy atom. The summed E-state index contributed by atoms with van der Waals surface area (Å²) in [7, 11) is 1.37. The number of hydrogen-bond acceptors (Lipinski definition) is 4. The van der Waals surface area contributed by atoms with Gasteiger partial charge in [0.05, 0.1) is 19.0 Å². The normalized spacial score (nSPS) is 10.9. The van der Waals surface area contributed by atoms with Crippen LogP contribution in [0.25, 0.3) is 0 Å². The van der Waals surface area contributed by atoms with Crippen molar-refractivity contribution >= 4 is 17.7 Å². The largest absolute Gasteiger partial charge is 0.481 e. The number of pyridine rings is 1. The molecule has 0 radical (unpaired) electrons. The number of nitrogens with one attached hydrogen (secondary N) is 1. The third kappa shape index (κ3) is 5.97. The van der Waals surface area contributed by atoms with Gasteiger partial charge in [0.2, 0.25) is 5.88 Å². The van der Waals surface area contributed by atoms with E-state index in [-0.39, 0.29) is 16.5 Å². The van der Waals surface area contributed by atoms with Gasteiger partial charge in [0.25, 0.3) is 0 Å². The molecule has 0 unspecified atom stereocenters. The standard InChI is InChI=1S/C11H12F3N3O4/c1-21-8-3-2-7(4-15-8)16-10(20)17(5-9(18)19)6-11(12,13)14/h2-4H,5-6H2,1H3,(H,16,20)(H,18,19). The van der Waals surface area contributed by atoms with Crippen LogP contribution in [0.2, 0.25) is 0 Å². The van der Waals surface area contributed by atoms with Crippen LogP contribution in [-0.4, -0.2) is 53.4 Å². The van der Waals surface area contributed by atoms with Crippen molar-refractivity contribution in [2.24, 2.45) is 0 Å². The highest BCUT2D eigenvalue weighted by Crippen LogP contribution is 2.18. The molecule has 21 heavy (non-hydrogen) atoms. The summed E-state index contributed by atoms with van der Waals surface area (Å²) in [6, 6.07) is 1.55. The summed E-state index contributed by atoms with van der Waals surface area (Å²) in [5.41, 5.74) is 0.110. The number of methoxy groups -OCH3 is 1. The highest BCUT2D eigenvalue weighted by molar-refractivity contribution is 5.91. The minimum Gasteiger partial charge on any atom is -0.481 e. The fourth-order valence-corrected chi connectivity index (χ4v) is 1.36. The van der Waals surface area contributed by atoms with Crippen LogP contribution in [0.5, 0.6) is 5.88 Å². The summed E-state index contributed by atoms with van der Waals surface area (Å²) < 4.78 is 41.7. The van der Waals surface area contributed by atoms with E-state index >= 15 is 0 Å². The van der Waals surface area contributed by atoms with E-state index < -0.39 is 31.3 Å². The van der Waals surface area contributed by atoms with Crippen LogP contribution in [-0.2, 0) is 4.79 Å². The Morgan fingerprint density at radius 3 is 2.52 bits per heavy atom. The average molecular weight is 307 g/mol. The first-order valence-corrected chi connectivity index (χ1v) is 5.56. The molecule has 0 aliphatic carbocycles. The van der Waals surface area contributed by atoms with Crippen LogP contribution in [0, 0.1) is 0 Å². The third-order valence-corrected chi connectivity index (χ3v) is 2.18. The van der Waals surface area contributed by atoms with E-state index in [0.717, 1.165) is 0 Å². The molecule has 1 aromatic heterocycles. The van der Waals surface area contributed by atoms with Gasteiger partial charge in [-0.1, -0.05) is 0 Å². The van der Waals surface area contributed by atoms with E-state index in [2.05, 4.69) is 10.3 Å². The second kappa shape index (κ2) is 6.77. The first-order valence-electron chi connectivity index (χ1n) is 5.56. The molecule has 7 nitrogen and oxygen atoms in total. The molecule has 10 heteroatoms. The van der Waals surface area contributed by atoms with Gasteiger partial charge >= 0.3 is 18.2 Å². The molecule has 0 aliphatic rings. The Labute approximate surface area is 117 Å². The Bertz CT molecular complexity index is 504. The lowest BCUT2D eigenvalue weighted by Crippen LogP contribution is -2.44. The summed E-state index contributed by atoms with van der Waals surface area (Å²) in [5, 5.41) is 10.7. The Balaban J connectivity index is 2.76. The Hall–Kier alpha value is -2.52. The molecule has 0 saturated heterocycles. The van der Waals surface area contributed by atoms with Gasteiger partial charge < -0.3 is 20.1 Å². The number of anilines is 1. The van der Waals surface area contributed by atoms with Gasteiger partial charge in [-0.15, -0.1) is 0 Å². The molecular weight excluding hydrogens is 295 g/mol. The zero-order valence-electron chi connectivity index (χ0n) is 10.8. The van der Waals surface area contributed by atoms with Gasteiger partial charge in [0, 0.05) is 6.07 Å². The van der Waals surface area contributed by atoms with Crippen LogP contribution in [0.4, 0.5) is 23.7 Å². The van der Waals surface area contributed by atoms with Gasteiger partial charge in [-0.05, 0) is 6.07 Å². The van der Waals surface area contributed by atoms with Crippen LogP contribution < -0.4 is 10.1 Å². The molecule has 0 spiro atoms. The maximum Gasteiger partial charge on any atom is 0.406 e. The molecule has 1 heterocycles. The first kappa shape index (κ1) is 16.5. The van der Waals surface area contributed by atoms with Crippen molar-refractivity contribution in [1.29, 1.82) is 0 Å². The number of urea groups is 1. The maximum absolute atomic E-state index is 12.3. The predicted molar refractivity (Wildman–Crippen MR) is 65.1 cm³/mol. The van der Waals surface area contributed by atoms with Crippen LogP contribution in [0.15, 0.2) is 18.3 Å². The lowest BCUT2D eigenvalue weighted by molar-refractivity contribution is -0.148. The number of carbonyl (C=O) groups excluding carboxylic acids is 1. The topological polar surface area (TPSA) is 91.8 Å². The van der Waals surface area contributed by atoms with Crippen molar-refractivity contribution in [2.75, 3.05) is 25.5 Å². The smallest absolute Gasteiger partial charge is 0.406 e. The number of halogens is 3. The van der Waals surface area contributed by atoms with Crippen molar-refractivity contribution in [1.82, 2.24) is 9.88 Å². The van der Waals surface area contributed by atoms with E-state index in [4.69, 9.17) is 9.84 Å². The molecule has 2 amide bonds. The second-order valence-corrected chi connectivity index (χ2v) is 3.88. The van der Waals surface area contributed by atoms with Crippen LogP contribution in [0.3, 0.4) is 0 Å². The van der Waals surface area contributed by atoms with E-state index in [0.29, 0.717) is 0 Å². The number of hydrogen-bond donors (Lipinski definition) is 2. The lowest BCUT2D eigenvalue weighted by atomic mass is 10.4. The second-order valence-electron chi connectivity index (χ2n) is 3.88. The van der Waals surface area contributed by atoms with Gasteiger partial charge in [0.15, 0.2) is 0 Å². The summed E-state index contributed by atoms with van der Waals surface area (Å²) >= 11 is 0. The molecule has 0 atom stereocenters. The molecule has 1 rings (SSSR count). The number of carboxylic acids is 1. The molecule has 116 valence electrons. The van der Waals surface area contributed by atoms with Gasteiger partial charge in [0.1, 0.15) is 13.1 Å². The number of amides is 2. The highest BCUT2D eigenvalue weighted by Gasteiger charge is 2.34. The molecule has 0 saturated carbocycles. The Kier molecular flexibility index (Phi) is 5.33. The number of alkyl halides is 3. The van der Waals surface area contributed by atoms with Crippen molar-refractivity contribution < 1.29 is 32.6 Å². The van der Waals surface area contributed by atoms with E-state index in [1.54, 1.807) is 0 Å². The van der Waals surface area contributed by atoms with Crippen LogP contribution >= 0.6 is 0 Å². The minimum absolute atomic E-state index is 0.110. The van der Waals surface area contributed by atoms with E-state index in [9.17, 15) is 22.8 Å². The zero-order valence-corrected chi connectivity index (χ0v) is 10.8. The molecule has 1 aromatic rings. The van der Waals surface area contributed by atoms with Crippen molar-refractivity contribution in [3.63, 3.8) is 0 Å². The van der Waals surface area contributed by atoms with Gasteiger partial charge in [-0.3, -0.25) is 4.79 Å². The van der Waals surface area contributed by atoms with E-state index in [1.807, 2.05) is 0 Å². The average Bonchev–Trinajstić information content (AvgIpc) is 2.36. The predicted octanol–water partition coefficient (Wildman–Crippen LogP) is 1.57. The number of nitrogens with zero attached hydrogens (tertiary/aromatic N) is 2. The molecule has 0 aliphatic heterocycles. The van der Waals surface area contributed by atoms with Crippen LogP contribution in [0.1, 0.15) is 0 Å². The quantitative estimate of drug-likeness (QED) is 0.861. The lowest BCUT2D eigenvalue weighted by Gasteiger charge is -2.22. The number of carbonyl (C=O) groups is 2. The number of aromatic nitrogens is 1. The molecule has 0 aromatic carbocycles. The molecule has 0 fully saturated rings. The summed E-state index contributed by atoms with van der Waals surface area (Å²) in [5.74, 6) is -1.30.